The summed E-state index contributed by atoms with van der Waals surface area (Å²) in [4.78, 5) is 4.48. The Labute approximate surface area is 94.3 Å². The van der Waals surface area contributed by atoms with E-state index in [9.17, 15) is 5.11 Å². The lowest BCUT2D eigenvalue weighted by Crippen LogP contribution is -2.42. The summed E-state index contributed by atoms with van der Waals surface area (Å²) >= 11 is 0. The first-order valence-corrected chi connectivity index (χ1v) is 5.65. The number of rotatable bonds is 8. The van der Waals surface area contributed by atoms with Gasteiger partial charge < -0.3 is 20.2 Å². The zero-order valence-corrected chi connectivity index (χ0v) is 10.8. The molecule has 92 valence electrons. The van der Waals surface area contributed by atoms with E-state index in [1.165, 1.54) is 0 Å². The third-order valence-corrected chi connectivity index (χ3v) is 2.61. The molecular weight excluding hydrogens is 190 g/mol. The number of nitrogens with zero attached hydrogens (tertiary/aromatic N) is 2. The molecule has 0 saturated heterocycles. The lowest BCUT2D eigenvalue weighted by Gasteiger charge is -2.30. The van der Waals surface area contributed by atoms with Gasteiger partial charge in [0.1, 0.15) is 0 Å². The maximum absolute atomic E-state index is 9.40. The van der Waals surface area contributed by atoms with Crippen LogP contribution in [0.3, 0.4) is 0 Å². The third kappa shape index (κ3) is 7.73. The Balaban J connectivity index is 3.93. The number of hydrogen-bond donors (Lipinski definition) is 2. The maximum Gasteiger partial charge on any atom is 0.0527 e. The van der Waals surface area contributed by atoms with E-state index in [0.717, 1.165) is 26.1 Å². The van der Waals surface area contributed by atoms with Gasteiger partial charge in [-0.05, 0) is 41.5 Å². The van der Waals surface area contributed by atoms with Gasteiger partial charge in [0.25, 0.3) is 0 Å². The molecule has 2 atom stereocenters. The van der Waals surface area contributed by atoms with Crippen LogP contribution < -0.4 is 5.32 Å². The minimum Gasteiger partial charge on any atom is -0.393 e. The molecule has 15 heavy (non-hydrogen) atoms. The van der Waals surface area contributed by atoms with E-state index in [-0.39, 0.29) is 6.10 Å². The summed E-state index contributed by atoms with van der Waals surface area (Å²) in [5.41, 5.74) is 0. The molecule has 0 rings (SSSR count). The van der Waals surface area contributed by atoms with E-state index in [0.29, 0.717) is 6.04 Å². The highest BCUT2D eigenvalue weighted by Crippen LogP contribution is 2.05. The van der Waals surface area contributed by atoms with Crippen LogP contribution in [0.5, 0.6) is 0 Å². The molecule has 0 aliphatic rings. The van der Waals surface area contributed by atoms with E-state index in [4.69, 9.17) is 0 Å². The number of hydrogen-bond acceptors (Lipinski definition) is 4. The molecule has 0 aliphatic heterocycles. The fraction of sp³-hybridized carbons (Fsp3) is 1.00. The molecule has 0 spiro atoms. The second kappa shape index (κ2) is 8.05. The Morgan fingerprint density at radius 1 is 1.27 bits per heavy atom. The number of aliphatic hydroxyl groups is 1. The van der Waals surface area contributed by atoms with E-state index in [1.807, 2.05) is 14.0 Å². The largest absolute Gasteiger partial charge is 0.393 e. The summed E-state index contributed by atoms with van der Waals surface area (Å²) in [6.07, 6.45) is 0.603. The highest BCUT2D eigenvalue weighted by molar-refractivity contribution is 4.72. The van der Waals surface area contributed by atoms with Gasteiger partial charge in [0.15, 0.2) is 0 Å². The standard InChI is InChI=1S/C11H27N3O/c1-10(15)8-11(13(3)4)9-14(5)7-6-12-2/h10-12,15H,6-9H2,1-5H3. The fourth-order valence-electron chi connectivity index (χ4n) is 1.60. The van der Waals surface area contributed by atoms with E-state index in [1.54, 1.807) is 0 Å². The Bertz CT molecular complexity index is 151. The second-order valence-corrected chi connectivity index (χ2v) is 4.57. The van der Waals surface area contributed by atoms with Crippen LogP contribution in [0, 0.1) is 0 Å². The Kier molecular flexibility index (Phi) is 7.96. The highest BCUT2D eigenvalue weighted by atomic mass is 16.3. The smallest absolute Gasteiger partial charge is 0.0527 e. The predicted molar refractivity (Wildman–Crippen MR) is 65.2 cm³/mol. The summed E-state index contributed by atoms with van der Waals surface area (Å²) in [6.45, 7) is 4.90. The SMILES string of the molecule is CNCCN(C)CC(CC(C)O)N(C)C. The Morgan fingerprint density at radius 2 is 1.87 bits per heavy atom. The van der Waals surface area contributed by atoms with Gasteiger partial charge in [-0.25, -0.2) is 0 Å². The molecule has 0 aromatic rings. The van der Waals surface area contributed by atoms with Crippen molar-refractivity contribution in [3.05, 3.63) is 0 Å². The van der Waals surface area contributed by atoms with Crippen molar-refractivity contribution in [1.82, 2.24) is 15.1 Å². The zero-order valence-electron chi connectivity index (χ0n) is 10.8. The lowest BCUT2D eigenvalue weighted by molar-refractivity contribution is 0.118. The zero-order chi connectivity index (χ0) is 11.8. The Hall–Kier alpha value is -0.160. The molecule has 4 nitrogen and oxygen atoms in total. The van der Waals surface area contributed by atoms with Crippen LogP contribution in [-0.4, -0.2) is 74.9 Å². The highest BCUT2D eigenvalue weighted by Gasteiger charge is 2.15. The quantitative estimate of drug-likeness (QED) is 0.592. The molecule has 0 bridgehead atoms. The molecule has 0 heterocycles. The molecule has 0 saturated carbocycles. The predicted octanol–water partition coefficient (Wildman–Crippen LogP) is -0.161. The third-order valence-electron chi connectivity index (χ3n) is 2.61. The van der Waals surface area contributed by atoms with Crippen LogP contribution in [0.15, 0.2) is 0 Å². The molecule has 2 unspecified atom stereocenters. The van der Waals surface area contributed by atoms with Crippen molar-refractivity contribution >= 4 is 0 Å². The van der Waals surface area contributed by atoms with Gasteiger partial charge in [-0.15, -0.1) is 0 Å². The van der Waals surface area contributed by atoms with Gasteiger partial charge in [0.2, 0.25) is 0 Å². The van der Waals surface area contributed by atoms with Crippen molar-refractivity contribution in [2.24, 2.45) is 0 Å². The molecule has 0 aromatic heterocycles. The fourth-order valence-corrected chi connectivity index (χ4v) is 1.60. The summed E-state index contributed by atoms with van der Waals surface area (Å²) in [6, 6.07) is 0.423. The molecule has 0 fully saturated rings. The van der Waals surface area contributed by atoms with Gasteiger partial charge in [0, 0.05) is 25.7 Å². The lowest BCUT2D eigenvalue weighted by atomic mass is 10.1. The van der Waals surface area contributed by atoms with E-state index < -0.39 is 0 Å². The van der Waals surface area contributed by atoms with Crippen LogP contribution in [0.2, 0.25) is 0 Å². The van der Waals surface area contributed by atoms with Crippen LogP contribution in [0.4, 0.5) is 0 Å². The normalized spacial score (nSPS) is 16.0. The number of likely N-dealkylation sites (N-methyl/N-ethyl adjacent to an activating group) is 3. The number of aliphatic hydroxyl groups excluding tert-OH is 1. The molecule has 0 aliphatic carbocycles. The van der Waals surface area contributed by atoms with Gasteiger partial charge in [-0.3, -0.25) is 0 Å². The van der Waals surface area contributed by atoms with Crippen molar-refractivity contribution in [2.45, 2.75) is 25.5 Å². The van der Waals surface area contributed by atoms with Crippen molar-refractivity contribution in [2.75, 3.05) is 47.8 Å². The Morgan fingerprint density at radius 3 is 2.27 bits per heavy atom. The average Bonchev–Trinajstić information content (AvgIpc) is 2.12. The first kappa shape index (κ1) is 14.8. The average molecular weight is 217 g/mol. The summed E-state index contributed by atoms with van der Waals surface area (Å²) in [5.74, 6) is 0. The molecule has 2 N–H and O–H groups in total. The minimum atomic E-state index is -0.227. The van der Waals surface area contributed by atoms with Gasteiger partial charge in [0.05, 0.1) is 6.10 Å². The summed E-state index contributed by atoms with van der Waals surface area (Å²) < 4.78 is 0. The van der Waals surface area contributed by atoms with Crippen LogP contribution >= 0.6 is 0 Å². The number of nitrogens with one attached hydrogen (secondary N) is 1. The first-order valence-electron chi connectivity index (χ1n) is 5.65. The van der Waals surface area contributed by atoms with Crippen LogP contribution in [0.25, 0.3) is 0 Å². The topological polar surface area (TPSA) is 38.7 Å². The van der Waals surface area contributed by atoms with Gasteiger partial charge in [-0.1, -0.05) is 0 Å². The van der Waals surface area contributed by atoms with E-state index in [2.05, 4.69) is 36.3 Å². The van der Waals surface area contributed by atoms with Crippen molar-refractivity contribution in [3.8, 4) is 0 Å². The van der Waals surface area contributed by atoms with Gasteiger partial charge in [-0.2, -0.15) is 0 Å². The van der Waals surface area contributed by atoms with Crippen molar-refractivity contribution in [3.63, 3.8) is 0 Å². The molecular formula is C11H27N3O. The summed E-state index contributed by atoms with van der Waals surface area (Å²) in [7, 11) is 8.22. The monoisotopic (exact) mass is 217 g/mol. The minimum absolute atomic E-state index is 0.227. The molecule has 0 aromatic carbocycles. The maximum atomic E-state index is 9.40. The molecule has 0 amide bonds. The van der Waals surface area contributed by atoms with Crippen LogP contribution in [0.1, 0.15) is 13.3 Å². The molecule has 4 heteroatoms. The van der Waals surface area contributed by atoms with Crippen LogP contribution in [-0.2, 0) is 0 Å². The summed E-state index contributed by atoms with van der Waals surface area (Å²) in [5, 5.41) is 12.5. The van der Waals surface area contributed by atoms with Crippen molar-refractivity contribution in [1.29, 1.82) is 0 Å². The first-order chi connectivity index (χ1) is 6.97. The van der Waals surface area contributed by atoms with E-state index >= 15 is 0 Å². The van der Waals surface area contributed by atoms with Crippen molar-refractivity contribution < 1.29 is 5.11 Å². The van der Waals surface area contributed by atoms with Gasteiger partial charge >= 0.3 is 0 Å². The second-order valence-electron chi connectivity index (χ2n) is 4.57. The molecule has 0 radical (unpaired) electrons.